The van der Waals surface area contributed by atoms with E-state index in [0.717, 1.165) is 44.6 Å². The Morgan fingerprint density at radius 1 is 1.09 bits per heavy atom. The zero-order valence-corrected chi connectivity index (χ0v) is 19.4. The van der Waals surface area contributed by atoms with Gasteiger partial charge in [0.2, 0.25) is 11.8 Å². The minimum Gasteiger partial charge on any atom is -0.372 e. The van der Waals surface area contributed by atoms with Gasteiger partial charge in [0.1, 0.15) is 0 Å². The molecule has 2 saturated heterocycles. The van der Waals surface area contributed by atoms with Gasteiger partial charge in [-0.3, -0.25) is 9.59 Å². The molecule has 2 atom stereocenters. The standard InChI is InChI=1S/C25H31F3N4O2/c1-30-23(33)21-15-32(24(34)17-4-2-3-5-17)14-20(21)16-8-10-31(11-9-16)19-7-6-18(13-29)22(12-19)25(26,27)28/h6-7,12,16-17,20-21H,2-5,8-11,14-15H2,1H3,(H,30,33)/t20-,21+/m0/s1. The van der Waals surface area contributed by atoms with Crippen LogP contribution in [0.3, 0.4) is 0 Å². The molecule has 0 spiro atoms. The van der Waals surface area contributed by atoms with Crippen molar-refractivity contribution < 1.29 is 22.8 Å². The van der Waals surface area contributed by atoms with E-state index in [1.807, 2.05) is 9.80 Å². The van der Waals surface area contributed by atoms with Crippen LogP contribution in [0.4, 0.5) is 18.9 Å². The number of carbonyl (C=O) groups excluding carboxylic acids is 2. The molecule has 6 nitrogen and oxygen atoms in total. The third kappa shape index (κ3) is 4.86. The molecule has 0 radical (unpaired) electrons. The van der Waals surface area contributed by atoms with Crippen molar-refractivity contribution in [1.82, 2.24) is 10.2 Å². The van der Waals surface area contributed by atoms with Gasteiger partial charge in [-0.15, -0.1) is 0 Å². The van der Waals surface area contributed by atoms with Crippen molar-refractivity contribution in [2.24, 2.45) is 23.7 Å². The Bertz CT molecular complexity index is 960. The summed E-state index contributed by atoms with van der Waals surface area (Å²) in [4.78, 5) is 29.4. The van der Waals surface area contributed by atoms with Gasteiger partial charge in [-0.1, -0.05) is 12.8 Å². The summed E-state index contributed by atoms with van der Waals surface area (Å²) in [6.45, 7) is 2.17. The summed E-state index contributed by atoms with van der Waals surface area (Å²) < 4.78 is 40.1. The molecule has 184 valence electrons. The maximum Gasteiger partial charge on any atom is 0.417 e. The first-order valence-electron chi connectivity index (χ1n) is 12.1. The van der Waals surface area contributed by atoms with Gasteiger partial charge in [-0.05, 0) is 55.7 Å². The normalized spacial score (nSPS) is 24.3. The number of piperidine rings is 1. The Balaban J connectivity index is 1.44. The Morgan fingerprint density at radius 3 is 2.35 bits per heavy atom. The minimum absolute atomic E-state index is 0.0453. The van der Waals surface area contributed by atoms with Gasteiger partial charge >= 0.3 is 6.18 Å². The van der Waals surface area contributed by atoms with Gasteiger partial charge in [0.05, 0.1) is 23.1 Å². The quantitative estimate of drug-likeness (QED) is 0.717. The molecule has 2 aliphatic heterocycles. The molecule has 3 aliphatic rings. The topological polar surface area (TPSA) is 76.4 Å². The van der Waals surface area contributed by atoms with Crippen molar-refractivity contribution in [2.75, 3.05) is 38.1 Å². The monoisotopic (exact) mass is 476 g/mol. The van der Waals surface area contributed by atoms with Crippen molar-refractivity contribution in [1.29, 1.82) is 5.26 Å². The molecule has 3 fully saturated rings. The fourth-order valence-corrected chi connectivity index (χ4v) is 6.03. The average molecular weight is 477 g/mol. The van der Waals surface area contributed by atoms with Gasteiger partial charge < -0.3 is 15.1 Å². The fraction of sp³-hybridized carbons (Fsp3) is 0.640. The largest absolute Gasteiger partial charge is 0.417 e. The zero-order valence-electron chi connectivity index (χ0n) is 19.4. The minimum atomic E-state index is -4.58. The second-order valence-electron chi connectivity index (χ2n) is 9.77. The molecule has 0 bridgehead atoms. The number of hydrogen-bond acceptors (Lipinski definition) is 4. The lowest BCUT2D eigenvalue weighted by molar-refractivity contribution is -0.138. The van der Waals surface area contributed by atoms with Crippen LogP contribution in [0.1, 0.15) is 49.7 Å². The number of alkyl halides is 3. The molecule has 9 heteroatoms. The van der Waals surface area contributed by atoms with Crippen LogP contribution in [0.25, 0.3) is 0 Å². The first-order chi connectivity index (χ1) is 16.2. The van der Waals surface area contributed by atoms with Crippen molar-refractivity contribution in [3.05, 3.63) is 29.3 Å². The molecule has 4 rings (SSSR count). The summed E-state index contributed by atoms with van der Waals surface area (Å²) in [5, 5.41) is 11.8. The molecule has 1 aromatic rings. The number of hydrogen-bond donors (Lipinski definition) is 1. The molecular weight excluding hydrogens is 445 g/mol. The second kappa shape index (κ2) is 9.85. The van der Waals surface area contributed by atoms with E-state index in [1.54, 1.807) is 19.2 Å². The molecule has 0 aromatic heterocycles. The van der Waals surface area contributed by atoms with Crippen molar-refractivity contribution >= 4 is 17.5 Å². The lowest BCUT2D eigenvalue weighted by atomic mass is 9.78. The second-order valence-corrected chi connectivity index (χ2v) is 9.77. The van der Waals surface area contributed by atoms with E-state index < -0.39 is 11.7 Å². The van der Waals surface area contributed by atoms with Gasteiger partial charge in [0, 0.05) is 44.8 Å². The van der Waals surface area contributed by atoms with E-state index in [0.29, 0.717) is 31.9 Å². The van der Waals surface area contributed by atoms with Crippen LogP contribution in [-0.2, 0) is 15.8 Å². The van der Waals surface area contributed by atoms with Gasteiger partial charge in [-0.2, -0.15) is 18.4 Å². The molecule has 0 unspecified atom stereocenters. The maximum absolute atomic E-state index is 13.4. The zero-order chi connectivity index (χ0) is 24.5. The van der Waals surface area contributed by atoms with Crippen LogP contribution in [0.15, 0.2) is 18.2 Å². The van der Waals surface area contributed by atoms with E-state index in [-0.39, 0.29) is 41.0 Å². The number of nitrogens with zero attached hydrogens (tertiary/aromatic N) is 3. The highest BCUT2D eigenvalue weighted by molar-refractivity contribution is 5.83. The number of rotatable bonds is 4. The summed E-state index contributed by atoms with van der Waals surface area (Å²) in [5.74, 6) is 0.225. The Kier molecular flexibility index (Phi) is 7.06. The SMILES string of the molecule is CNC(=O)[C@@H]1CN(C(=O)C2CCCC2)C[C@H]1C1CCN(c2ccc(C#N)c(C(F)(F)F)c2)CC1. The summed E-state index contributed by atoms with van der Waals surface area (Å²) in [7, 11) is 1.62. The average Bonchev–Trinajstić information content (AvgIpc) is 3.53. The molecule has 1 N–H and O–H groups in total. The summed E-state index contributed by atoms with van der Waals surface area (Å²) >= 11 is 0. The maximum atomic E-state index is 13.4. The smallest absolute Gasteiger partial charge is 0.372 e. The van der Waals surface area contributed by atoms with Gasteiger partial charge in [-0.25, -0.2) is 0 Å². The number of nitrogens with one attached hydrogen (secondary N) is 1. The lowest BCUT2D eigenvalue weighted by Gasteiger charge is -2.37. The van der Waals surface area contributed by atoms with Crippen molar-refractivity contribution in [3.63, 3.8) is 0 Å². The highest BCUT2D eigenvalue weighted by Crippen LogP contribution is 2.40. The van der Waals surface area contributed by atoms with Crippen molar-refractivity contribution in [2.45, 2.75) is 44.7 Å². The molecule has 2 amide bonds. The number of benzene rings is 1. The number of amides is 2. The molecular formula is C25H31F3N4O2. The molecule has 1 aromatic carbocycles. The van der Waals surface area contributed by atoms with Crippen LogP contribution < -0.4 is 10.2 Å². The van der Waals surface area contributed by atoms with Gasteiger partial charge in [0.15, 0.2) is 0 Å². The third-order valence-corrected chi connectivity index (χ3v) is 7.90. The predicted octanol–water partition coefficient (Wildman–Crippen LogP) is 3.80. The Labute approximate surface area is 198 Å². The van der Waals surface area contributed by atoms with E-state index >= 15 is 0 Å². The Hall–Kier alpha value is -2.76. The third-order valence-electron chi connectivity index (χ3n) is 7.90. The van der Waals surface area contributed by atoms with Crippen molar-refractivity contribution in [3.8, 4) is 6.07 Å². The van der Waals surface area contributed by atoms with Crippen LogP contribution in [0.5, 0.6) is 0 Å². The van der Waals surface area contributed by atoms with Crippen LogP contribution in [0, 0.1) is 35.0 Å². The summed E-state index contributed by atoms with van der Waals surface area (Å²) in [6, 6.07) is 5.48. The van der Waals surface area contributed by atoms with E-state index in [4.69, 9.17) is 5.26 Å². The fourth-order valence-electron chi connectivity index (χ4n) is 6.03. The van der Waals surface area contributed by atoms with E-state index in [1.165, 1.54) is 6.07 Å². The van der Waals surface area contributed by atoms with Crippen LogP contribution in [-0.4, -0.2) is 49.9 Å². The first kappa shape index (κ1) is 24.4. The number of nitriles is 1. The highest BCUT2D eigenvalue weighted by atomic mass is 19.4. The number of halogens is 3. The van der Waals surface area contributed by atoms with E-state index in [9.17, 15) is 22.8 Å². The van der Waals surface area contributed by atoms with Gasteiger partial charge in [0.25, 0.3) is 0 Å². The highest BCUT2D eigenvalue weighted by Gasteiger charge is 2.45. The van der Waals surface area contributed by atoms with E-state index in [2.05, 4.69) is 5.32 Å². The molecule has 1 aliphatic carbocycles. The van der Waals surface area contributed by atoms with Crippen LogP contribution >= 0.6 is 0 Å². The lowest BCUT2D eigenvalue weighted by Crippen LogP contribution is -2.41. The number of carbonyl (C=O) groups is 2. The predicted molar refractivity (Wildman–Crippen MR) is 121 cm³/mol. The number of likely N-dealkylation sites (tertiary alicyclic amines) is 1. The summed E-state index contributed by atoms with van der Waals surface area (Å²) in [6.07, 6.45) is 0.906. The molecule has 1 saturated carbocycles. The molecule has 2 heterocycles. The molecule has 34 heavy (non-hydrogen) atoms. The number of anilines is 1. The Morgan fingerprint density at radius 2 is 1.76 bits per heavy atom. The van der Waals surface area contributed by atoms with Crippen LogP contribution in [0.2, 0.25) is 0 Å². The first-order valence-corrected chi connectivity index (χ1v) is 12.1. The summed E-state index contributed by atoms with van der Waals surface area (Å²) in [5.41, 5.74) is -0.833.